The second kappa shape index (κ2) is 3.75. The minimum Gasteiger partial charge on any atom is -0.501 e. The van der Waals surface area contributed by atoms with Crippen molar-refractivity contribution in [3.63, 3.8) is 0 Å². The Balaban J connectivity index is 3.00. The maximum absolute atomic E-state index is 10.5. The molecule has 0 saturated heterocycles. The summed E-state index contributed by atoms with van der Waals surface area (Å²) in [5.41, 5.74) is -0.713. The number of carbonyl (C=O) groups is 2. The number of aliphatic hydroxyl groups is 1. The van der Waals surface area contributed by atoms with Crippen LogP contribution >= 0.6 is 23.5 Å². The molecule has 0 amide bonds. The summed E-state index contributed by atoms with van der Waals surface area (Å²) < 4.78 is 0.0671. The molecule has 0 spiro atoms. The fraction of sp³-hybridized carbons (Fsp3) is 0. The number of thioether (sulfide) groups is 2. The van der Waals surface area contributed by atoms with Gasteiger partial charge in [-0.3, -0.25) is 0 Å². The summed E-state index contributed by atoms with van der Waals surface area (Å²) >= 11 is 1.61. The summed E-state index contributed by atoms with van der Waals surface area (Å²) in [6.07, 6.45) is 0. The molecular formula is C6H4O5S2. The van der Waals surface area contributed by atoms with Crippen LogP contribution in [0.15, 0.2) is 20.3 Å². The van der Waals surface area contributed by atoms with Gasteiger partial charge in [0.25, 0.3) is 0 Å². The van der Waals surface area contributed by atoms with Crippen LogP contribution in [0.5, 0.6) is 0 Å². The van der Waals surface area contributed by atoms with Crippen molar-refractivity contribution in [1.82, 2.24) is 0 Å². The van der Waals surface area contributed by atoms with E-state index in [0.29, 0.717) is 0 Å². The lowest BCUT2D eigenvalue weighted by atomic mass is 10.3. The number of rotatable bonds is 2. The van der Waals surface area contributed by atoms with Gasteiger partial charge in [0, 0.05) is 5.41 Å². The lowest BCUT2D eigenvalue weighted by Gasteiger charge is -1.98. The quantitative estimate of drug-likeness (QED) is 0.365. The number of carboxylic acids is 2. The van der Waals surface area contributed by atoms with E-state index in [1.807, 2.05) is 0 Å². The first-order valence-electron chi connectivity index (χ1n) is 2.97. The third-order valence-corrected chi connectivity index (χ3v) is 3.26. The zero-order chi connectivity index (χ0) is 10.0. The SMILES string of the molecule is O=C(O)C(C(=O)O)=C1SC=C(O)S1. The number of aliphatic carboxylic acids is 2. The molecule has 0 radical (unpaired) electrons. The van der Waals surface area contributed by atoms with E-state index in [-0.39, 0.29) is 9.33 Å². The smallest absolute Gasteiger partial charge is 0.344 e. The molecule has 0 unspecified atom stereocenters. The zero-order valence-electron chi connectivity index (χ0n) is 6.05. The van der Waals surface area contributed by atoms with Gasteiger partial charge in [-0.2, -0.15) is 0 Å². The molecule has 0 aromatic heterocycles. The second-order valence-electron chi connectivity index (χ2n) is 1.95. The van der Waals surface area contributed by atoms with Crippen LogP contribution in [-0.2, 0) is 9.59 Å². The molecule has 1 heterocycles. The Hall–Kier alpha value is -1.08. The van der Waals surface area contributed by atoms with Crippen LogP contribution in [0.1, 0.15) is 0 Å². The van der Waals surface area contributed by atoms with E-state index in [1.165, 1.54) is 5.41 Å². The Morgan fingerprint density at radius 2 is 1.77 bits per heavy atom. The van der Waals surface area contributed by atoms with E-state index in [9.17, 15) is 9.59 Å². The molecule has 7 heteroatoms. The maximum Gasteiger partial charge on any atom is 0.344 e. The van der Waals surface area contributed by atoms with Gasteiger partial charge in [0.1, 0.15) is 0 Å². The fourth-order valence-corrected chi connectivity index (χ4v) is 2.52. The molecule has 0 aromatic carbocycles. The summed E-state index contributed by atoms with van der Waals surface area (Å²) in [6, 6.07) is 0. The monoisotopic (exact) mass is 220 g/mol. The Labute approximate surface area is 81.1 Å². The molecule has 0 atom stereocenters. The molecular weight excluding hydrogens is 216 g/mol. The van der Waals surface area contributed by atoms with Crippen LogP contribution in [0.4, 0.5) is 0 Å². The Bertz CT molecular complexity index is 314. The molecule has 1 aliphatic rings. The predicted octanol–water partition coefficient (Wildman–Crippen LogP) is 1.20. The molecule has 13 heavy (non-hydrogen) atoms. The molecule has 70 valence electrons. The third kappa shape index (κ3) is 2.19. The van der Waals surface area contributed by atoms with E-state index in [4.69, 9.17) is 15.3 Å². The summed E-state index contributed by atoms with van der Waals surface area (Å²) in [7, 11) is 0. The summed E-state index contributed by atoms with van der Waals surface area (Å²) in [5, 5.41) is 27.1. The van der Waals surface area contributed by atoms with Crippen molar-refractivity contribution in [1.29, 1.82) is 0 Å². The highest BCUT2D eigenvalue weighted by atomic mass is 32.2. The van der Waals surface area contributed by atoms with Crippen molar-refractivity contribution in [3.05, 3.63) is 20.3 Å². The van der Waals surface area contributed by atoms with Crippen molar-refractivity contribution in [3.8, 4) is 0 Å². The lowest BCUT2D eigenvalue weighted by molar-refractivity contribution is -0.140. The van der Waals surface area contributed by atoms with Gasteiger partial charge in [-0.15, -0.1) is 0 Å². The van der Waals surface area contributed by atoms with Gasteiger partial charge in [-0.25, -0.2) is 9.59 Å². The summed E-state index contributed by atoms with van der Waals surface area (Å²) in [5.74, 6) is -3.02. The van der Waals surface area contributed by atoms with E-state index < -0.39 is 17.5 Å². The average Bonchev–Trinajstić information content (AvgIpc) is 2.34. The van der Waals surface area contributed by atoms with Crippen molar-refractivity contribution in [2.24, 2.45) is 0 Å². The van der Waals surface area contributed by atoms with E-state index in [2.05, 4.69) is 0 Å². The molecule has 5 nitrogen and oxygen atoms in total. The topological polar surface area (TPSA) is 94.8 Å². The van der Waals surface area contributed by atoms with Crippen molar-refractivity contribution in [2.45, 2.75) is 0 Å². The Morgan fingerprint density at radius 1 is 1.23 bits per heavy atom. The molecule has 1 aliphatic heterocycles. The van der Waals surface area contributed by atoms with Gasteiger partial charge < -0.3 is 15.3 Å². The Morgan fingerprint density at radius 3 is 2.08 bits per heavy atom. The van der Waals surface area contributed by atoms with Crippen LogP contribution in [0.25, 0.3) is 0 Å². The van der Waals surface area contributed by atoms with Crippen molar-refractivity contribution in [2.75, 3.05) is 0 Å². The third-order valence-electron chi connectivity index (χ3n) is 1.10. The molecule has 0 fully saturated rings. The molecule has 0 bridgehead atoms. The largest absolute Gasteiger partial charge is 0.501 e. The van der Waals surface area contributed by atoms with E-state index in [0.717, 1.165) is 23.5 Å². The van der Waals surface area contributed by atoms with Crippen LogP contribution in [0, 0.1) is 0 Å². The zero-order valence-corrected chi connectivity index (χ0v) is 7.68. The van der Waals surface area contributed by atoms with Gasteiger partial charge in [0.05, 0.1) is 4.24 Å². The summed E-state index contributed by atoms with van der Waals surface area (Å²) in [4.78, 5) is 20.9. The van der Waals surface area contributed by atoms with E-state index in [1.54, 1.807) is 0 Å². The molecule has 0 aliphatic carbocycles. The number of hydrogen-bond acceptors (Lipinski definition) is 5. The van der Waals surface area contributed by atoms with Gasteiger partial charge in [-0.1, -0.05) is 11.8 Å². The first-order chi connectivity index (χ1) is 6.02. The molecule has 0 saturated carbocycles. The van der Waals surface area contributed by atoms with E-state index >= 15 is 0 Å². The minimum absolute atomic E-state index is 0.0671. The van der Waals surface area contributed by atoms with Crippen molar-refractivity contribution >= 4 is 35.5 Å². The second-order valence-corrected chi connectivity index (χ2v) is 4.12. The van der Waals surface area contributed by atoms with Crippen LogP contribution < -0.4 is 0 Å². The first kappa shape index (κ1) is 10.0. The van der Waals surface area contributed by atoms with Gasteiger partial charge in [0.15, 0.2) is 10.7 Å². The number of aliphatic hydroxyl groups excluding tert-OH is 1. The van der Waals surface area contributed by atoms with Crippen LogP contribution in [-0.4, -0.2) is 27.3 Å². The predicted molar refractivity (Wildman–Crippen MR) is 48.2 cm³/mol. The Kier molecular flexibility index (Phi) is 2.89. The molecule has 0 aromatic rings. The highest BCUT2D eigenvalue weighted by Crippen LogP contribution is 2.43. The van der Waals surface area contributed by atoms with Gasteiger partial charge in [-0.05, 0) is 11.8 Å². The standard InChI is InChI=1S/C6H4O5S2/c7-2-1-12-6(13-2)3(4(8)9)5(10)11/h1,7H,(H,8,9)(H,10,11). The number of carboxylic acid groups (broad SMARTS) is 2. The van der Waals surface area contributed by atoms with Gasteiger partial charge in [0.2, 0.25) is 0 Å². The minimum atomic E-state index is -1.51. The summed E-state index contributed by atoms with van der Waals surface area (Å²) in [6.45, 7) is 0. The first-order valence-corrected chi connectivity index (χ1v) is 4.66. The molecule has 1 rings (SSSR count). The maximum atomic E-state index is 10.5. The highest BCUT2D eigenvalue weighted by Gasteiger charge is 2.26. The normalized spacial score (nSPS) is 15.4. The lowest BCUT2D eigenvalue weighted by Crippen LogP contribution is -2.12. The van der Waals surface area contributed by atoms with Crippen LogP contribution in [0.3, 0.4) is 0 Å². The average molecular weight is 220 g/mol. The highest BCUT2D eigenvalue weighted by molar-refractivity contribution is 8.28. The van der Waals surface area contributed by atoms with Gasteiger partial charge >= 0.3 is 11.9 Å². The molecule has 3 N–H and O–H groups in total. The fourth-order valence-electron chi connectivity index (χ4n) is 0.623. The van der Waals surface area contributed by atoms with Crippen LogP contribution in [0.2, 0.25) is 0 Å². The number of hydrogen-bond donors (Lipinski definition) is 3. The van der Waals surface area contributed by atoms with Crippen molar-refractivity contribution < 1.29 is 24.9 Å².